The van der Waals surface area contributed by atoms with Gasteiger partial charge in [-0.3, -0.25) is 4.98 Å². The fourth-order valence-electron chi connectivity index (χ4n) is 1.34. The molecule has 5 heteroatoms. The lowest BCUT2D eigenvalue weighted by atomic mass is 10.3. The minimum Gasteiger partial charge on any atom is -0.383 e. The number of aromatic nitrogens is 3. The van der Waals surface area contributed by atoms with Crippen LogP contribution < -0.4 is 5.73 Å². The van der Waals surface area contributed by atoms with E-state index in [0.29, 0.717) is 12.4 Å². The summed E-state index contributed by atoms with van der Waals surface area (Å²) in [4.78, 5) is 4.24. The van der Waals surface area contributed by atoms with E-state index in [9.17, 15) is 0 Å². The third-order valence-electron chi connectivity index (χ3n) is 2.13. The maximum atomic E-state index is 5.92. The van der Waals surface area contributed by atoms with Gasteiger partial charge in [0.1, 0.15) is 5.82 Å². The maximum absolute atomic E-state index is 5.92. The molecule has 0 saturated heterocycles. The molecule has 0 unspecified atom stereocenters. The van der Waals surface area contributed by atoms with Crippen molar-refractivity contribution in [3.8, 4) is 0 Å². The molecule has 0 radical (unpaired) electrons. The Balaban J connectivity index is 2.29. The molecule has 15 heavy (non-hydrogen) atoms. The smallest absolute Gasteiger partial charge is 0.135 e. The van der Waals surface area contributed by atoms with Gasteiger partial charge in [0, 0.05) is 6.20 Å². The van der Waals surface area contributed by atoms with E-state index in [1.165, 1.54) is 0 Å². The van der Waals surface area contributed by atoms with E-state index in [4.69, 9.17) is 5.73 Å². The maximum Gasteiger partial charge on any atom is 0.135 e. The molecule has 0 bridgehead atoms. The van der Waals surface area contributed by atoms with Crippen LogP contribution in [-0.4, -0.2) is 14.8 Å². The Kier molecular flexibility index (Phi) is 2.90. The highest BCUT2D eigenvalue weighted by atomic mass is 127. The van der Waals surface area contributed by atoms with Crippen LogP contribution in [-0.2, 0) is 6.54 Å². The number of nitrogens with two attached hydrogens (primary N) is 1. The van der Waals surface area contributed by atoms with E-state index in [2.05, 4.69) is 32.7 Å². The summed E-state index contributed by atoms with van der Waals surface area (Å²) in [6.45, 7) is 2.57. The van der Waals surface area contributed by atoms with Crippen molar-refractivity contribution in [3.05, 3.63) is 39.4 Å². The van der Waals surface area contributed by atoms with Gasteiger partial charge in [0.25, 0.3) is 0 Å². The number of anilines is 1. The molecule has 4 nitrogen and oxygen atoms in total. The van der Waals surface area contributed by atoms with Gasteiger partial charge in [-0.1, -0.05) is 6.07 Å². The van der Waals surface area contributed by atoms with Crippen LogP contribution >= 0.6 is 22.6 Å². The van der Waals surface area contributed by atoms with Gasteiger partial charge in [0.15, 0.2) is 0 Å². The second kappa shape index (κ2) is 4.18. The number of hydrogen-bond donors (Lipinski definition) is 1. The molecule has 0 aliphatic rings. The molecule has 0 amide bonds. The van der Waals surface area contributed by atoms with Gasteiger partial charge < -0.3 is 5.73 Å². The zero-order valence-corrected chi connectivity index (χ0v) is 10.5. The molecule has 0 spiro atoms. The third-order valence-corrected chi connectivity index (χ3v) is 3.46. The zero-order valence-electron chi connectivity index (χ0n) is 8.31. The van der Waals surface area contributed by atoms with Gasteiger partial charge in [-0.05, 0) is 41.6 Å². The van der Waals surface area contributed by atoms with Crippen molar-refractivity contribution in [2.75, 3.05) is 5.73 Å². The fourth-order valence-corrected chi connectivity index (χ4v) is 1.73. The first-order valence-corrected chi connectivity index (χ1v) is 5.64. The van der Waals surface area contributed by atoms with Crippen molar-refractivity contribution in [1.82, 2.24) is 14.8 Å². The molecule has 2 heterocycles. The normalized spacial score (nSPS) is 10.5. The van der Waals surface area contributed by atoms with Crippen LogP contribution in [0.5, 0.6) is 0 Å². The molecule has 2 rings (SSSR count). The number of hydrogen-bond acceptors (Lipinski definition) is 3. The molecule has 78 valence electrons. The van der Waals surface area contributed by atoms with Crippen molar-refractivity contribution in [1.29, 1.82) is 0 Å². The molecular formula is C10H11IN4. The Labute approximate surface area is 102 Å². The van der Waals surface area contributed by atoms with Crippen LogP contribution in [0.1, 0.15) is 11.4 Å². The monoisotopic (exact) mass is 314 g/mol. The molecule has 2 N–H and O–H groups in total. The Morgan fingerprint density at radius 2 is 2.27 bits per heavy atom. The van der Waals surface area contributed by atoms with Crippen molar-refractivity contribution >= 4 is 28.4 Å². The highest BCUT2D eigenvalue weighted by molar-refractivity contribution is 14.1. The van der Waals surface area contributed by atoms with Gasteiger partial charge in [-0.15, -0.1) is 0 Å². The van der Waals surface area contributed by atoms with Gasteiger partial charge in [0.2, 0.25) is 0 Å². The molecule has 0 fully saturated rings. The van der Waals surface area contributed by atoms with Crippen LogP contribution in [0.3, 0.4) is 0 Å². The van der Waals surface area contributed by atoms with Gasteiger partial charge in [-0.25, -0.2) is 4.68 Å². The van der Waals surface area contributed by atoms with Crippen LogP contribution in [0.2, 0.25) is 0 Å². The predicted molar refractivity (Wildman–Crippen MR) is 67.4 cm³/mol. The lowest BCUT2D eigenvalue weighted by Crippen LogP contribution is -2.07. The Morgan fingerprint density at radius 3 is 2.80 bits per heavy atom. The van der Waals surface area contributed by atoms with E-state index in [1.807, 2.05) is 25.1 Å². The largest absolute Gasteiger partial charge is 0.383 e. The van der Waals surface area contributed by atoms with Crippen molar-refractivity contribution in [3.63, 3.8) is 0 Å². The van der Waals surface area contributed by atoms with Crippen LogP contribution in [0.4, 0.5) is 5.82 Å². The second-order valence-electron chi connectivity index (χ2n) is 3.26. The Bertz CT molecular complexity index is 464. The summed E-state index contributed by atoms with van der Waals surface area (Å²) in [6.07, 6.45) is 1.77. The van der Waals surface area contributed by atoms with E-state index in [1.54, 1.807) is 10.9 Å². The van der Waals surface area contributed by atoms with Crippen LogP contribution in [0.25, 0.3) is 0 Å². The average Bonchev–Trinajstić information content (AvgIpc) is 2.48. The summed E-state index contributed by atoms with van der Waals surface area (Å²) in [5.74, 6) is 0.707. The molecule has 0 saturated carbocycles. The van der Waals surface area contributed by atoms with Crippen molar-refractivity contribution in [2.45, 2.75) is 13.5 Å². The molecule has 2 aromatic rings. The molecule has 2 aromatic heterocycles. The van der Waals surface area contributed by atoms with Gasteiger partial charge in [-0.2, -0.15) is 5.10 Å². The SMILES string of the molecule is Cc1nn(Cc2ccccn2)c(N)c1I. The molecule has 0 aromatic carbocycles. The molecular weight excluding hydrogens is 303 g/mol. The minimum atomic E-state index is 0.622. The summed E-state index contributed by atoms with van der Waals surface area (Å²) < 4.78 is 2.79. The summed E-state index contributed by atoms with van der Waals surface area (Å²) in [5, 5.41) is 4.35. The Morgan fingerprint density at radius 1 is 1.47 bits per heavy atom. The first-order valence-electron chi connectivity index (χ1n) is 4.57. The molecule has 0 aliphatic carbocycles. The lowest BCUT2D eigenvalue weighted by molar-refractivity contribution is 0.675. The highest BCUT2D eigenvalue weighted by Gasteiger charge is 2.09. The molecule has 0 atom stereocenters. The van der Waals surface area contributed by atoms with Crippen molar-refractivity contribution < 1.29 is 0 Å². The summed E-state index contributed by atoms with van der Waals surface area (Å²) in [7, 11) is 0. The van der Waals surface area contributed by atoms with E-state index < -0.39 is 0 Å². The first kappa shape index (κ1) is 10.4. The Hall–Kier alpha value is -1.11. The highest BCUT2D eigenvalue weighted by Crippen LogP contribution is 2.18. The number of nitrogen functional groups attached to an aromatic ring is 1. The summed E-state index contributed by atoms with van der Waals surface area (Å²) >= 11 is 2.20. The first-order chi connectivity index (χ1) is 7.18. The van der Waals surface area contributed by atoms with E-state index in [0.717, 1.165) is 15.0 Å². The molecule has 0 aliphatic heterocycles. The quantitative estimate of drug-likeness (QED) is 0.860. The van der Waals surface area contributed by atoms with Crippen molar-refractivity contribution in [2.24, 2.45) is 0 Å². The van der Waals surface area contributed by atoms with Crippen LogP contribution in [0.15, 0.2) is 24.4 Å². The standard InChI is InChI=1S/C10H11IN4/c1-7-9(11)10(12)15(14-7)6-8-4-2-3-5-13-8/h2-5H,6,12H2,1H3. The lowest BCUT2D eigenvalue weighted by Gasteiger charge is -2.02. The number of pyridine rings is 1. The summed E-state index contributed by atoms with van der Waals surface area (Å²) in [5.41, 5.74) is 7.84. The van der Waals surface area contributed by atoms with E-state index >= 15 is 0 Å². The average molecular weight is 314 g/mol. The van der Waals surface area contributed by atoms with Crippen LogP contribution in [0, 0.1) is 10.5 Å². The second-order valence-corrected chi connectivity index (χ2v) is 4.34. The zero-order chi connectivity index (χ0) is 10.8. The topological polar surface area (TPSA) is 56.7 Å². The number of rotatable bonds is 2. The van der Waals surface area contributed by atoms with E-state index in [-0.39, 0.29) is 0 Å². The number of aryl methyl sites for hydroxylation is 1. The number of halogens is 1. The fraction of sp³-hybridized carbons (Fsp3) is 0.200. The third kappa shape index (κ3) is 2.11. The predicted octanol–water partition coefficient (Wildman–Crippen LogP) is 1.82. The summed E-state index contributed by atoms with van der Waals surface area (Å²) in [6, 6.07) is 5.81. The van der Waals surface area contributed by atoms with Gasteiger partial charge >= 0.3 is 0 Å². The van der Waals surface area contributed by atoms with Gasteiger partial charge in [0.05, 0.1) is 21.5 Å². The number of nitrogens with zero attached hydrogens (tertiary/aromatic N) is 3. The minimum absolute atomic E-state index is 0.622.